The van der Waals surface area contributed by atoms with Crippen LogP contribution in [0.25, 0.3) is 16.7 Å². The lowest BCUT2D eigenvalue weighted by atomic mass is 10.2. The average Bonchev–Trinajstić information content (AvgIpc) is 2.75. The molecule has 2 aromatic carbocycles. The van der Waals surface area contributed by atoms with Gasteiger partial charge in [0.25, 0.3) is 0 Å². The number of hydrogen-bond acceptors (Lipinski definition) is 1. The molecular formula is C15H10BrCl3N2. The molecule has 0 bridgehead atoms. The third kappa shape index (κ3) is 2.80. The molecule has 108 valence electrons. The second-order valence-corrected chi connectivity index (χ2v) is 6.74. The Balaban J connectivity index is 2.36. The Morgan fingerprint density at radius 3 is 2.48 bits per heavy atom. The molecule has 0 atom stereocenters. The number of nitrogens with zero attached hydrogens (tertiary/aromatic N) is 2. The SMILES string of the molecule is Cc1cc(Br)cc(-n2c(CCl)nc3cc(Cl)c(Cl)cc32)c1. The number of hydrogen-bond donors (Lipinski definition) is 0. The fourth-order valence-corrected chi connectivity index (χ4v) is 3.44. The Bertz CT molecular complexity index is 822. The monoisotopic (exact) mass is 402 g/mol. The van der Waals surface area contributed by atoms with Crippen LogP contribution in [-0.4, -0.2) is 9.55 Å². The van der Waals surface area contributed by atoms with Crippen LogP contribution >= 0.6 is 50.7 Å². The Kier molecular flexibility index (Phi) is 4.19. The predicted octanol–water partition coefficient (Wildman–Crippen LogP) is 6.14. The minimum Gasteiger partial charge on any atom is -0.295 e. The average molecular weight is 405 g/mol. The van der Waals surface area contributed by atoms with Crippen molar-refractivity contribution >= 4 is 61.8 Å². The molecule has 0 unspecified atom stereocenters. The van der Waals surface area contributed by atoms with Crippen LogP contribution in [0, 0.1) is 6.92 Å². The molecular weight excluding hydrogens is 394 g/mol. The lowest BCUT2D eigenvalue weighted by Crippen LogP contribution is -1.99. The van der Waals surface area contributed by atoms with E-state index in [-0.39, 0.29) is 0 Å². The van der Waals surface area contributed by atoms with E-state index in [9.17, 15) is 0 Å². The number of fused-ring (bicyclic) bond motifs is 1. The molecule has 0 spiro atoms. The number of aromatic nitrogens is 2. The summed E-state index contributed by atoms with van der Waals surface area (Å²) in [5.74, 6) is 1.05. The summed E-state index contributed by atoms with van der Waals surface area (Å²) in [5.41, 5.74) is 3.79. The van der Waals surface area contributed by atoms with Gasteiger partial charge >= 0.3 is 0 Å². The molecule has 1 aromatic heterocycles. The third-order valence-electron chi connectivity index (χ3n) is 3.17. The number of alkyl halides is 1. The van der Waals surface area contributed by atoms with Crippen molar-refractivity contribution in [1.29, 1.82) is 0 Å². The molecule has 0 aliphatic rings. The van der Waals surface area contributed by atoms with E-state index in [1.165, 1.54) is 0 Å². The first kappa shape index (κ1) is 15.2. The molecule has 0 saturated heterocycles. The maximum Gasteiger partial charge on any atom is 0.129 e. The van der Waals surface area contributed by atoms with Gasteiger partial charge in [-0.1, -0.05) is 39.1 Å². The van der Waals surface area contributed by atoms with E-state index in [1.54, 1.807) is 6.07 Å². The first-order valence-corrected chi connectivity index (χ1v) is 8.28. The summed E-state index contributed by atoms with van der Waals surface area (Å²) >= 11 is 21.8. The second-order valence-electron chi connectivity index (χ2n) is 4.74. The van der Waals surface area contributed by atoms with Crippen LogP contribution in [0.15, 0.2) is 34.8 Å². The summed E-state index contributed by atoms with van der Waals surface area (Å²) in [4.78, 5) is 4.54. The predicted molar refractivity (Wildman–Crippen MR) is 93.1 cm³/mol. The van der Waals surface area contributed by atoms with E-state index < -0.39 is 0 Å². The van der Waals surface area contributed by atoms with Gasteiger partial charge < -0.3 is 0 Å². The lowest BCUT2D eigenvalue weighted by molar-refractivity contribution is 0.979. The second kappa shape index (κ2) is 5.81. The summed E-state index contributed by atoms with van der Waals surface area (Å²) in [6.07, 6.45) is 0. The van der Waals surface area contributed by atoms with Gasteiger partial charge in [-0.05, 0) is 42.8 Å². The molecule has 0 amide bonds. The van der Waals surface area contributed by atoms with Gasteiger partial charge in [0.2, 0.25) is 0 Å². The van der Waals surface area contributed by atoms with Gasteiger partial charge in [0.05, 0.1) is 27.0 Å². The quantitative estimate of drug-likeness (QED) is 0.469. The maximum atomic E-state index is 6.15. The molecule has 3 aromatic rings. The first-order chi connectivity index (χ1) is 9.99. The molecule has 2 nitrogen and oxygen atoms in total. The van der Waals surface area contributed by atoms with Crippen LogP contribution in [0.1, 0.15) is 11.4 Å². The van der Waals surface area contributed by atoms with E-state index >= 15 is 0 Å². The molecule has 0 aliphatic carbocycles. The van der Waals surface area contributed by atoms with E-state index in [0.29, 0.717) is 15.9 Å². The first-order valence-electron chi connectivity index (χ1n) is 6.19. The molecule has 0 N–H and O–H groups in total. The van der Waals surface area contributed by atoms with Gasteiger partial charge in [0, 0.05) is 10.2 Å². The van der Waals surface area contributed by atoms with E-state index in [0.717, 1.165) is 32.6 Å². The summed E-state index contributed by atoms with van der Waals surface area (Å²) in [6.45, 7) is 2.04. The molecule has 1 heterocycles. The Hall–Kier alpha value is -0.740. The van der Waals surface area contributed by atoms with E-state index in [2.05, 4.69) is 27.0 Å². The number of rotatable bonds is 2. The summed E-state index contributed by atoms with van der Waals surface area (Å²) in [7, 11) is 0. The fourth-order valence-electron chi connectivity index (χ4n) is 2.35. The van der Waals surface area contributed by atoms with Gasteiger partial charge in [0.15, 0.2) is 0 Å². The molecule has 0 aliphatic heterocycles. The third-order valence-corrected chi connectivity index (χ3v) is 4.59. The van der Waals surface area contributed by atoms with Crippen molar-refractivity contribution in [3.63, 3.8) is 0 Å². The smallest absolute Gasteiger partial charge is 0.129 e. The van der Waals surface area contributed by atoms with Crippen molar-refractivity contribution in [2.24, 2.45) is 0 Å². The van der Waals surface area contributed by atoms with Gasteiger partial charge in [-0.15, -0.1) is 11.6 Å². The molecule has 0 fully saturated rings. The number of imidazole rings is 1. The van der Waals surface area contributed by atoms with Crippen LogP contribution in [0.3, 0.4) is 0 Å². The number of benzene rings is 2. The lowest BCUT2D eigenvalue weighted by Gasteiger charge is -2.10. The summed E-state index contributed by atoms with van der Waals surface area (Å²) < 4.78 is 3.00. The highest BCUT2D eigenvalue weighted by Crippen LogP contribution is 2.31. The highest BCUT2D eigenvalue weighted by atomic mass is 79.9. The minimum absolute atomic E-state index is 0.301. The summed E-state index contributed by atoms with van der Waals surface area (Å²) in [5, 5.41) is 0.985. The Morgan fingerprint density at radius 2 is 1.81 bits per heavy atom. The standard InChI is InChI=1S/C15H10BrCl3N2/c1-8-2-9(16)4-10(3-8)21-14-6-12(19)11(18)5-13(14)20-15(21)7-17/h2-6H,7H2,1H3. The molecule has 0 saturated carbocycles. The number of halogens is 4. The van der Waals surface area contributed by atoms with Gasteiger partial charge in [-0.3, -0.25) is 4.57 Å². The fraction of sp³-hybridized carbons (Fsp3) is 0.133. The van der Waals surface area contributed by atoms with E-state index in [1.807, 2.05) is 29.7 Å². The van der Waals surface area contributed by atoms with Crippen LogP contribution < -0.4 is 0 Å². The van der Waals surface area contributed by atoms with Crippen LogP contribution in [0.2, 0.25) is 10.0 Å². The highest BCUT2D eigenvalue weighted by molar-refractivity contribution is 9.10. The van der Waals surface area contributed by atoms with Crippen LogP contribution in [0.4, 0.5) is 0 Å². The van der Waals surface area contributed by atoms with Gasteiger partial charge in [0.1, 0.15) is 5.82 Å². The van der Waals surface area contributed by atoms with Crippen molar-refractivity contribution < 1.29 is 0 Å². The maximum absolute atomic E-state index is 6.15. The minimum atomic E-state index is 0.301. The zero-order valence-corrected chi connectivity index (χ0v) is 14.9. The van der Waals surface area contributed by atoms with Crippen molar-refractivity contribution in [2.75, 3.05) is 0 Å². The molecule has 3 rings (SSSR count). The normalized spacial score (nSPS) is 11.3. The van der Waals surface area contributed by atoms with Crippen LogP contribution in [-0.2, 0) is 5.88 Å². The molecule has 21 heavy (non-hydrogen) atoms. The number of aryl methyl sites for hydroxylation is 1. The molecule has 6 heteroatoms. The Labute approximate surface area is 145 Å². The Morgan fingerprint density at radius 1 is 1.10 bits per heavy atom. The zero-order valence-electron chi connectivity index (χ0n) is 11.0. The summed E-state index contributed by atoms with van der Waals surface area (Å²) in [6, 6.07) is 9.72. The van der Waals surface area contributed by atoms with Crippen LogP contribution in [0.5, 0.6) is 0 Å². The van der Waals surface area contributed by atoms with Crippen molar-refractivity contribution in [3.8, 4) is 5.69 Å². The van der Waals surface area contributed by atoms with Crippen molar-refractivity contribution in [3.05, 3.63) is 56.2 Å². The highest BCUT2D eigenvalue weighted by Gasteiger charge is 2.14. The largest absolute Gasteiger partial charge is 0.295 e. The topological polar surface area (TPSA) is 17.8 Å². The molecule has 0 radical (unpaired) electrons. The van der Waals surface area contributed by atoms with Crippen molar-refractivity contribution in [1.82, 2.24) is 9.55 Å². The zero-order chi connectivity index (χ0) is 15.1. The van der Waals surface area contributed by atoms with Gasteiger partial charge in [-0.25, -0.2) is 4.98 Å². The van der Waals surface area contributed by atoms with E-state index in [4.69, 9.17) is 34.8 Å². The van der Waals surface area contributed by atoms with Gasteiger partial charge in [-0.2, -0.15) is 0 Å². The van der Waals surface area contributed by atoms with Crippen molar-refractivity contribution in [2.45, 2.75) is 12.8 Å².